The number of anilines is 1. The predicted octanol–water partition coefficient (Wildman–Crippen LogP) is 4.50. The third-order valence-corrected chi connectivity index (χ3v) is 3.08. The van der Waals surface area contributed by atoms with Gasteiger partial charge in [0.25, 0.3) is 0 Å². The quantitative estimate of drug-likeness (QED) is 0.495. The SMILES string of the molecule is CC.CN=C(CCCCl)c1c(N)cccc1Br. The van der Waals surface area contributed by atoms with Crippen LogP contribution in [0.4, 0.5) is 5.69 Å². The van der Waals surface area contributed by atoms with Gasteiger partial charge in [-0.25, -0.2) is 0 Å². The van der Waals surface area contributed by atoms with Crippen molar-refractivity contribution < 1.29 is 0 Å². The molecule has 2 N–H and O–H groups in total. The van der Waals surface area contributed by atoms with Crippen molar-refractivity contribution in [3.63, 3.8) is 0 Å². The van der Waals surface area contributed by atoms with Gasteiger partial charge in [0, 0.05) is 34.4 Å². The Morgan fingerprint density at radius 3 is 2.53 bits per heavy atom. The van der Waals surface area contributed by atoms with Crippen LogP contribution in [-0.4, -0.2) is 18.6 Å². The van der Waals surface area contributed by atoms with Gasteiger partial charge < -0.3 is 5.73 Å². The lowest BCUT2D eigenvalue weighted by molar-refractivity contribution is 0.997. The van der Waals surface area contributed by atoms with Gasteiger partial charge in [0.05, 0.1) is 0 Å². The van der Waals surface area contributed by atoms with E-state index in [1.807, 2.05) is 32.0 Å². The highest BCUT2D eigenvalue weighted by Crippen LogP contribution is 2.24. The van der Waals surface area contributed by atoms with E-state index in [1.54, 1.807) is 7.05 Å². The maximum atomic E-state index is 5.93. The molecule has 17 heavy (non-hydrogen) atoms. The summed E-state index contributed by atoms with van der Waals surface area (Å²) in [6.07, 6.45) is 1.77. The van der Waals surface area contributed by atoms with E-state index in [0.29, 0.717) is 5.88 Å². The van der Waals surface area contributed by atoms with E-state index in [1.165, 1.54) is 0 Å². The number of rotatable bonds is 4. The summed E-state index contributed by atoms with van der Waals surface area (Å²) in [5.41, 5.74) is 8.67. The molecule has 0 aliphatic carbocycles. The number of alkyl halides is 1. The van der Waals surface area contributed by atoms with Gasteiger partial charge in [0.2, 0.25) is 0 Å². The standard InChI is InChI=1S/C11H14BrClN2.C2H6/c1-15-10(6-3-7-13)11-8(12)4-2-5-9(11)14;1-2/h2,4-5H,3,6-7,14H2,1H3;1-2H3. The summed E-state index contributed by atoms with van der Waals surface area (Å²) in [7, 11) is 1.78. The van der Waals surface area contributed by atoms with Crippen molar-refractivity contribution in [1.29, 1.82) is 0 Å². The Morgan fingerprint density at radius 1 is 1.41 bits per heavy atom. The minimum Gasteiger partial charge on any atom is -0.398 e. The van der Waals surface area contributed by atoms with E-state index >= 15 is 0 Å². The van der Waals surface area contributed by atoms with Crippen molar-refractivity contribution >= 4 is 38.9 Å². The minimum absolute atomic E-state index is 0.642. The van der Waals surface area contributed by atoms with Crippen LogP contribution in [0, 0.1) is 0 Å². The monoisotopic (exact) mass is 318 g/mol. The zero-order valence-corrected chi connectivity index (χ0v) is 13.0. The molecule has 0 unspecified atom stereocenters. The van der Waals surface area contributed by atoms with Crippen molar-refractivity contribution in [1.82, 2.24) is 0 Å². The Kier molecular flexibility index (Phi) is 9.18. The molecular formula is C13H20BrClN2. The first-order valence-corrected chi connectivity index (χ1v) is 7.09. The van der Waals surface area contributed by atoms with Crippen LogP contribution in [0.2, 0.25) is 0 Å². The highest BCUT2D eigenvalue weighted by atomic mass is 79.9. The van der Waals surface area contributed by atoms with E-state index in [2.05, 4.69) is 20.9 Å². The van der Waals surface area contributed by atoms with Gasteiger partial charge in [0.1, 0.15) is 0 Å². The van der Waals surface area contributed by atoms with E-state index in [0.717, 1.165) is 34.3 Å². The van der Waals surface area contributed by atoms with Crippen molar-refractivity contribution in [3.05, 3.63) is 28.2 Å². The van der Waals surface area contributed by atoms with Crippen LogP contribution < -0.4 is 5.73 Å². The molecule has 0 bridgehead atoms. The molecule has 2 nitrogen and oxygen atoms in total. The summed E-state index contributed by atoms with van der Waals surface area (Å²) >= 11 is 9.16. The largest absolute Gasteiger partial charge is 0.398 e. The third-order valence-electron chi connectivity index (χ3n) is 2.15. The lowest BCUT2D eigenvalue weighted by atomic mass is 10.0. The number of nitrogens with two attached hydrogens (primary N) is 1. The molecule has 0 radical (unpaired) electrons. The molecule has 1 rings (SSSR count). The summed E-state index contributed by atoms with van der Waals surface area (Å²) in [6, 6.07) is 5.77. The molecule has 0 aliphatic rings. The Morgan fingerprint density at radius 2 is 2.06 bits per heavy atom. The molecule has 0 atom stereocenters. The average molecular weight is 320 g/mol. The minimum atomic E-state index is 0.642. The molecule has 96 valence electrons. The van der Waals surface area contributed by atoms with Crippen LogP contribution in [0.15, 0.2) is 27.7 Å². The Bertz CT molecular complexity index is 344. The molecule has 1 aromatic rings. The smallest absolute Gasteiger partial charge is 0.0449 e. The van der Waals surface area contributed by atoms with E-state index < -0.39 is 0 Å². The Labute approximate surface area is 117 Å². The molecular weight excluding hydrogens is 300 g/mol. The summed E-state index contributed by atoms with van der Waals surface area (Å²) in [5.74, 6) is 0.642. The Balaban J connectivity index is 0.00000121. The summed E-state index contributed by atoms with van der Waals surface area (Å²) in [4.78, 5) is 4.27. The van der Waals surface area contributed by atoms with Crippen LogP contribution in [-0.2, 0) is 0 Å². The molecule has 4 heteroatoms. The van der Waals surface area contributed by atoms with Gasteiger partial charge in [0.15, 0.2) is 0 Å². The maximum Gasteiger partial charge on any atom is 0.0449 e. The lowest BCUT2D eigenvalue weighted by Gasteiger charge is -2.10. The first kappa shape index (κ1) is 16.5. The number of hydrogen-bond acceptors (Lipinski definition) is 2. The summed E-state index contributed by atoms with van der Waals surface area (Å²) in [5, 5.41) is 0. The fraction of sp³-hybridized carbons (Fsp3) is 0.462. The number of nitrogens with zero attached hydrogens (tertiary/aromatic N) is 1. The number of hydrogen-bond donors (Lipinski definition) is 1. The average Bonchev–Trinajstić information content (AvgIpc) is 2.35. The molecule has 0 heterocycles. The molecule has 1 aromatic carbocycles. The molecule has 0 saturated heterocycles. The highest BCUT2D eigenvalue weighted by molar-refractivity contribution is 9.10. The second-order valence-electron chi connectivity index (χ2n) is 3.17. The Hall–Kier alpha value is -0.540. The fourth-order valence-corrected chi connectivity index (χ4v) is 2.17. The first-order valence-electron chi connectivity index (χ1n) is 5.76. The van der Waals surface area contributed by atoms with Gasteiger partial charge in [-0.1, -0.05) is 35.8 Å². The van der Waals surface area contributed by atoms with Crippen molar-refractivity contribution in [3.8, 4) is 0 Å². The fourth-order valence-electron chi connectivity index (χ4n) is 1.43. The topological polar surface area (TPSA) is 38.4 Å². The van der Waals surface area contributed by atoms with E-state index in [-0.39, 0.29) is 0 Å². The zero-order valence-electron chi connectivity index (χ0n) is 10.6. The molecule has 0 amide bonds. The maximum absolute atomic E-state index is 5.93. The van der Waals surface area contributed by atoms with Crippen LogP contribution >= 0.6 is 27.5 Å². The van der Waals surface area contributed by atoms with Crippen LogP contribution in [0.1, 0.15) is 32.3 Å². The molecule has 0 fully saturated rings. The van der Waals surface area contributed by atoms with Crippen molar-refractivity contribution in [2.75, 3.05) is 18.7 Å². The second kappa shape index (κ2) is 9.49. The number of nitrogen functional groups attached to an aromatic ring is 1. The van der Waals surface area contributed by atoms with Gasteiger partial charge >= 0.3 is 0 Å². The predicted molar refractivity (Wildman–Crippen MR) is 82.3 cm³/mol. The molecule has 0 saturated carbocycles. The van der Waals surface area contributed by atoms with Crippen LogP contribution in [0.25, 0.3) is 0 Å². The van der Waals surface area contributed by atoms with E-state index in [4.69, 9.17) is 17.3 Å². The third kappa shape index (κ3) is 5.09. The van der Waals surface area contributed by atoms with Gasteiger partial charge in [-0.2, -0.15) is 0 Å². The van der Waals surface area contributed by atoms with Gasteiger partial charge in [-0.05, 0) is 25.0 Å². The van der Waals surface area contributed by atoms with E-state index in [9.17, 15) is 0 Å². The first-order chi connectivity index (χ1) is 8.20. The second-order valence-corrected chi connectivity index (χ2v) is 4.40. The number of aliphatic imine (C=N–C) groups is 1. The number of halogens is 2. The van der Waals surface area contributed by atoms with Crippen molar-refractivity contribution in [2.45, 2.75) is 26.7 Å². The molecule has 0 aliphatic heterocycles. The summed E-state index contributed by atoms with van der Waals surface area (Å²) < 4.78 is 0.984. The zero-order chi connectivity index (χ0) is 13.3. The molecule has 0 aromatic heterocycles. The van der Waals surface area contributed by atoms with Crippen LogP contribution in [0.3, 0.4) is 0 Å². The molecule has 0 spiro atoms. The van der Waals surface area contributed by atoms with Crippen LogP contribution in [0.5, 0.6) is 0 Å². The van der Waals surface area contributed by atoms with Gasteiger partial charge in [-0.3, -0.25) is 4.99 Å². The van der Waals surface area contributed by atoms with Gasteiger partial charge in [-0.15, -0.1) is 11.6 Å². The van der Waals surface area contributed by atoms with Crippen molar-refractivity contribution in [2.24, 2.45) is 4.99 Å². The lowest BCUT2D eigenvalue weighted by Crippen LogP contribution is -2.06. The highest BCUT2D eigenvalue weighted by Gasteiger charge is 2.10. The number of benzene rings is 1. The summed E-state index contributed by atoms with van der Waals surface area (Å²) in [6.45, 7) is 4.00. The normalized spacial score (nSPS) is 10.8.